The fourth-order valence-corrected chi connectivity index (χ4v) is 2.31. The van der Waals surface area contributed by atoms with E-state index < -0.39 is 17.6 Å². The van der Waals surface area contributed by atoms with Crippen molar-refractivity contribution in [3.8, 4) is 0 Å². The maximum Gasteiger partial charge on any atom is 0.416 e. The molecule has 0 aliphatic carbocycles. The molecule has 0 aliphatic heterocycles. The summed E-state index contributed by atoms with van der Waals surface area (Å²) >= 11 is 0. The highest BCUT2D eigenvalue weighted by atomic mass is 19.4. The summed E-state index contributed by atoms with van der Waals surface area (Å²) in [6.45, 7) is 1.96. The molecule has 4 nitrogen and oxygen atoms in total. The van der Waals surface area contributed by atoms with E-state index >= 15 is 0 Å². The lowest BCUT2D eigenvalue weighted by Crippen LogP contribution is -2.18. The van der Waals surface area contributed by atoms with E-state index in [0.29, 0.717) is 12.1 Å². The van der Waals surface area contributed by atoms with Gasteiger partial charge in [0.15, 0.2) is 0 Å². The molecule has 7 heteroatoms. The first-order chi connectivity index (χ1) is 12.3. The van der Waals surface area contributed by atoms with Crippen molar-refractivity contribution >= 4 is 23.2 Å². The minimum atomic E-state index is -4.49. The third kappa shape index (κ3) is 5.34. The predicted molar refractivity (Wildman–Crippen MR) is 94.0 cm³/mol. The Morgan fingerprint density at radius 1 is 1.00 bits per heavy atom. The van der Waals surface area contributed by atoms with Crippen molar-refractivity contribution in [1.29, 1.82) is 0 Å². The van der Waals surface area contributed by atoms with Crippen LogP contribution < -0.4 is 10.6 Å². The van der Waals surface area contributed by atoms with Crippen LogP contribution in [0, 0.1) is 0 Å². The van der Waals surface area contributed by atoms with Gasteiger partial charge in [0, 0.05) is 12.1 Å². The van der Waals surface area contributed by atoms with E-state index in [0.717, 1.165) is 25.0 Å². The standard InChI is InChI=1S/C19H19F3N2O2/c1-2-3-11-17(25)24-16-10-5-4-9-15(16)18(26)23-14-8-6-7-13(12-14)19(20,21)22/h4-10,12H,2-3,11H2,1H3,(H,23,26)(H,24,25). The first-order valence-corrected chi connectivity index (χ1v) is 8.18. The lowest BCUT2D eigenvalue weighted by atomic mass is 10.1. The number of hydrogen-bond acceptors (Lipinski definition) is 2. The van der Waals surface area contributed by atoms with Crippen molar-refractivity contribution in [2.45, 2.75) is 32.4 Å². The minimum Gasteiger partial charge on any atom is -0.325 e. The second kappa shape index (κ2) is 8.51. The Labute approximate surface area is 149 Å². The fraction of sp³-hybridized carbons (Fsp3) is 0.263. The molecule has 0 fully saturated rings. The molecule has 2 aromatic rings. The quantitative estimate of drug-likeness (QED) is 0.750. The Morgan fingerprint density at radius 2 is 1.73 bits per heavy atom. The highest BCUT2D eigenvalue weighted by Gasteiger charge is 2.30. The number of hydrogen-bond donors (Lipinski definition) is 2. The molecular weight excluding hydrogens is 345 g/mol. The molecule has 138 valence electrons. The number of alkyl halides is 3. The molecule has 0 bridgehead atoms. The molecular formula is C19H19F3N2O2. The number of anilines is 2. The number of para-hydroxylation sites is 1. The average Bonchev–Trinajstić information content (AvgIpc) is 2.60. The largest absolute Gasteiger partial charge is 0.416 e. The van der Waals surface area contributed by atoms with Crippen molar-refractivity contribution in [3.05, 3.63) is 59.7 Å². The Balaban J connectivity index is 2.16. The Bertz CT molecular complexity index is 788. The zero-order valence-corrected chi connectivity index (χ0v) is 14.2. The van der Waals surface area contributed by atoms with Gasteiger partial charge in [0.25, 0.3) is 5.91 Å². The molecule has 0 saturated heterocycles. The summed E-state index contributed by atoms with van der Waals surface area (Å²) in [5.41, 5.74) is -0.332. The topological polar surface area (TPSA) is 58.2 Å². The van der Waals surface area contributed by atoms with E-state index in [1.807, 2.05) is 6.92 Å². The van der Waals surface area contributed by atoms with Gasteiger partial charge in [-0.25, -0.2) is 0 Å². The molecule has 0 spiro atoms. The van der Waals surface area contributed by atoms with Crippen LogP contribution >= 0.6 is 0 Å². The van der Waals surface area contributed by atoms with Crippen LogP contribution in [0.1, 0.15) is 42.1 Å². The zero-order valence-electron chi connectivity index (χ0n) is 14.2. The third-order valence-corrected chi connectivity index (χ3v) is 3.65. The fourth-order valence-electron chi connectivity index (χ4n) is 2.31. The van der Waals surface area contributed by atoms with Crippen molar-refractivity contribution in [1.82, 2.24) is 0 Å². The summed E-state index contributed by atoms with van der Waals surface area (Å²) in [4.78, 5) is 24.3. The van der Waals surface area contributed by atoms with Crippen molar-refractivity contribution in [2.75, 3.05) is 10.6 Å². The highest BCUT2D eigenvalue weighted by molar-refractivity contribution is 6.10. The third-order valence-electron chi connectivity index (χ3n) is 3.65. The minimum absolute atomic E-state index is 0.0249. The zero-order chi connectivity index (χ0) is 19.2. The van der Waals surface area contributed by atoms with E-state index in [9.17, 15) is 22.8 Å². The van der Waals surface area contributed by atoms with E-state index in [2.05, 4.69) is 10.6 Å². The molecule has 2 amide bonds. The van der Waals surface area contributed by atoms with Gasteiger partial charge in [0.2, 0.25) is 5.91 Å². The van der Waals surface area contributed by atoms with Crippen LogP contribution in [-0.4, -0.2) is 11.8 Å². The van der Waals surface area contributed by atoms with E-state index in [-0.39, 0.29) is 17.2 Å². The van der Waals surface area contributed by atoms with Crippen LogP contribution in [0.4, 0.5) is 24.5 Å². The number of unbranched alkanes of at least 4 members (excludes halogenated alkanes) is 1. The van der Waals surface area contributed by atoms with Gasteiger partial charge in [-0.15, -0.1) is 0 Å². The molecule has 0 aliphatic rings. The smallest absolute Gasteiger partial charge is 0.325 e. The summed E-state index contributed by atoms with van der Waals surface area (Å²) in [6.07, 6.45) is -2.57. The number of carbonyl (C=O) groups is 2. The molecule has 0 heterocycles. The van der Waals surface area contributed by atoms with Gasteiger partial charge in [-0.1, -0.05) is 31.5 Å². The average molecular weight is 364 g/mol. The van der Waals surface area contributed by atoms with Crippen molar-refractivity contribution < 1.29 is 22.8 Å². The Morgan fingerprint density at radius 3 is 2.42 bits per heavy atom. The monoisotopic (exact) mass is 364 g/mol. The van der Waals surface area contributed by atoms with Gasteiger partial charge in [-0.05, 0) is 36.8 Å². The number of benzene rings is 2. The van der Waals surface area contributed by atoms with Crippen LogP contribution in [0.3, 0.4) is 0 Å². The number of carbonyl (C=O) groups excluding carboxylic acids is 2. The second-order valence-electron chi connectivity index (χ2n) is 5.73. The van der Waals surface area contributed by atoms with Gasteiger partial charge in [-0.3, -0.25) is 9.59 Å². The van der Waals surface area contributed by atoms with Crippen LogP contribution in [0.25, 0.3) is 0 Å². The molecule has 0 aromatic heterocycles. The molecule has 26 heavy (non-hydrogen) atoms. The second-order valence-corrected chi connectivity index (χ2v) is 5.73. The summed E-state index contributed by atoms with van der Waals surface area (Å²) in [6, 6.07) is 10.7. The van der Waals surface area contributed by atoms with E-state index in [1.165, 1.54) is 18.2 Å². The summed E-state index contributed by atoms with van der Waals surface area (Å²) < 4.78 is 38.3. The SMILES string of the molecule is CCCCC(=O)Nc1ccccc1C(=O)Nc1cccc(C(F)(F)F)c1. The van der Waals surface area contributed by atoms with Crippen LogP contribution in [0.5, 0.6) is 0 Å². The molecule has 0 radical (unpaired) electrons. The Kier molecular flexibility index (Phi) is 6.38. The highest BCUT2D eigenvalue weighted by Crippen LogP contribution is 2.31. The molecule has 0 atom stereocenters. The van der Waals surface area contributed by atoms with Gasteiger partial charge in [0.1, 0.15) is 0 Å². The summed E-state index contributed by atoms with van der Waals surface area (Å²) in [7, 11) is 0. The summed E-state index contributed by atoms with van der Waals surface area (Å²) in [5.74, 6) is -0.818. The molecule has 2 rings (SSSR count). The first kappa shape index (κ1) is 19.5. The number of nitrogens with one attached hydrogen (secondary N) is 2. The van der Waals surface area contributed by atoms with Gasteiger partial charge >= 0.3 is 6.18 Å². The maximum atomic E-state index is 12.8. The van der Waals surface area contributed by atoms with Crippen LogP contribution in [-0.2, 0) is 11.0 Å². The van der Waals surface area contributed by atoms with Gasteiger partial charge in [0.05, 0.1) is 16.8 Å². The first-order valence-electron chi connectivity index (χ1n) is 8.18. The predicted octanol–water partition coefficient (Wildman–Crippen LogP) is 5.09. The molecule has 2 N–H and O–H groups in total. The normalized spacial score (nSPS) is 11.1. The van der Waals surface area contributed by atoms with Crippen LogP contribution in [0.2, 0.25) is 0 Å². The molecule has 0 saturated carbocycles. The van der Waals surface area contributed by atoms with Crippen molar-refractivity contribution in [3.63, 3.8) is 0 Å². The summed E-state index contributed by atoms with van der Waals surface area (Å²) in [5, 5.41) is 5.11. The lowest BCUT2D eigenvalue weighted by Gasteiger charge is -2.13. The van der Waals surface area contributed by atoms with E-state index in [4.69, 9.17) is 0 Å². The number of amides is 2. The van der Waals surface area contributed by atoms with Crippen molar-refractivity contribution in [2.24, 2.45) is 0 Å². The van der Waals surface area contributed by atoms with Gasteiger partial charge < -0.3 is 10.6 Å². The number of rotatable bonds is 6. The molecule has 0 unspecified atom stereocenters. The lowest BCUT2D eigenvalue weighted by molar-refractivity contribution is -0.137. The van der Waals surface area contributed by atoms with E-state index in [1.54, 1.807) is 18.2 Å². The Hall–Kier alpha value is -2.83. The number of halogens is 3. The molecule has 2 aromatic carbocycles. The maximum absolute atomic E-state index is 12.8. The van der Waals surface area contributed by atoms with Gasteiger partial charge in [-0.2, -0.15) is 13.2 Å². The van der Waals surface area contributed by atoms with Crippen LogP contribution in [0.15, 0.2) is 48.5 Å².